The van der Waals surface area contributed by atoms with E-state index in [0.29, 0.717) is 11.3 Å². The third kappa shape index (κ3) is 7.60. The predicted octanol–water partition coefficient (Wildman–Crippen LogP) is 2.96. The van der Waals surface area contributed by atoms with E-state index in [4.69, 9.17) is 23.7 Å². The molecule has 0 fully saturated rings. The Morgan fingerprint density at radius 1 is 0.812 bits per heavy atom. The summed E-state index contributed by atoms with van der Waals surface area (Å²) in [6.07, 6.45) is 2.68. The molecule has 0 radical (unpaired) electrons. The third-order valence-electron chi connectivity index (χ3n) is 3.77. The smallest absolute Gasteiger partial charge is 0.342 e. The molecule has 32 heavy (non-hydrogen) atoms. The zero-order chi connectivity index (χ0) is 23.5. The highest BCUT2D eigenvalue weighted by Crippen LogP contribution is 2.28. The van der Waals surface area contributed by atoms with Gasteiger partial charge in [-0.1, -0.05) is 18.2 Å². The summed E-state index contributed by atoms with van der Waals surface area (Å²) in [7, 11) is 1.43. The predicted molar refractivity (Wildman–Crippen MR) is 112 cm³/mol. The van der Waals surface area contributed by atoms with E-state index < -0.39 is 23.9 Å². The van der Waals surface area contributed by atoms with Crippen molar-refractivity contribution in [1.82, 2.24) is 0 Å². The molecule has 9 heteroatoms. The van der Waals surface area contributed by atoms with Crippen LogP contribution in [0.25, 0.3) is 6.08 Å². The van der Waals surface area contributed by atoms with Crippen molar-refractivity contribution >= 4 is 30.0 Å². The van der Waals surface area contributed by atoms with Crippen LogP contribution in [-0.4, -0.2) is 44.2 Å². The first-order valence-electron chi connectivity index (χ1n) is 9.46. The molecule has 0 aliphatic heterocycles. The summed E-state index contributed by atoms with van der Waals surface area (Å²) in [5.74, 6) is -1.73. The molecule has 2 aromatic rings. The number of para-hydroxylation sites is 1. The fourth-order valence-corrected chi connectivity index (χ4v) is 2.47. The molecule has 0 spiro atoms. The SMILES string of the molecule is COc1cc(/C=C/C(=O)OCCOC(=O)c2ccccc2OC(C)=O)ccc1OC(C)=O. The van der Waals surface area contributed by atoms with Crippen LogP contribution in [-0.2, 0) is 23.9 Å². The maximum absolute atomic E-state index is 12.1. The molecular formula is C23H22O9. The molecule has 0 heterocycles. The molecule has 2 rings (SSSR count). The van der Waals surface area contributed by atoms with Gasteiger partial charge in [0.1, 0.15) is 24.5 Å². The van der Waals surface area contributed by atoms with Crippen LogP contribution in [0.3, 0.4) is 0 Å². The number of hydrogen-bond donors (Lipinski definition) is 0. The molecule has 2 aromatic carbocycles. The largest absolute Gasteiger partial charge is 0.493 e. The number of ether oxygens (including phenoxy) is 5. The van der Waals surface area contributed by atoms with E-state index in [2.05, 4.69) is 0 Å². The van der Waals surface area contributed by atoms with Gasteiger partial charge in [0.15, 0.2) is 11.5 Å². The van der Waals surface area contributed by atoms with Crippen molar-refractivity contribution in [1.29, 1.82) is 0 Å². The van der Waals surface area contributed by atoms with Crippen molar-refractivity contribution in [2.24, 2.45) is 0 Å². The molecule has 0 aliphatic carbocycles. The molecule has 0 aromatic heterocycles. The monoisotopic (exact) mass is 442 g/mol. The van der Waals surface area contributed by atoms with Crippen LogP contribution in [0.5, 0.6) is 17.2 Å². The fourth-order valence-electron chi connectivity index (χ4n) is 2.47. The Morgan fingerprint density at radius 3 is 2.16 bits per heavy atom. The summed E-state index contributed by atoms with van der Waals surface area (Å²) in [6.45, 7) is 2.15. The number of rotatable bonds is 9. The Morgan fingerprint density at radius 2 is 1.47 bits per heavy atom. The van der Waals surface area contributed by atoms with Crippen molar-refractivity contribution in [3.05, 3.63) is 59.7 Å². The minimum Gasteiger partial charge on any atom is -0.493 e. The van der Waals surface area contributed by atoms with Gasteiger partial charge in [-0.2, -0.15) is 0 Å². The summed E-state index contributed by atoms with van der Waals surface area (Å²) in [6, 6.07) is 10.9. The van der Waals surface area contributed by atoms with Crippen molar-refractivity contribution in [3.63, 3.8) is 0 Å². The molecule has 9 nitrogen and oxygen atoms in total. The van der Waals surface area contributed by atoms with Crippen molar-refractivity contribution in [2.45, 2.75) is 13.8 Å². The van der Waals surface area contributed by atoms with E-state index in [1.165, 1.54) is 45.2 Å². The highest BCUT2D eigenvalue weighted by Gasteiger charge is 2.15. The van der Waals surface area contributed by atoms with Gasteiger partial charge in [0.25, 0.3) is 0 Å². The highest BCUT2D eigenvalue weighted by atomic mass is 16.6. The Labute approximate surface area is 184 Å². The van der Waals surface area contributed by atoms with E-state index in [9.17, 15) is 19.2 Å². The highest BCUT2D eigenvalue weighted by molar-refractivity contribution is 5.93. The number of esters is 4. The Bertz CT molecular complexity index is 1020. The van der Waals surface area contributed by atoms with Gasteiger partial charge in [-0.25, -0.2) is 9.59 Å². The van der Waals surface area contributed by atoms with E-state index in [1.807, 2.05) is 0 Å². The van der Waals surface area contributed by atoms with E-state index in [-0.39, 0.29) is 30.3 Å². The molecule has 0 N–H and O–H groups in total. The lowest BCUT2D eigenvalue weighted by molar-refractivity contribution is -0.139. The van der Waals surface area contributed by atoms with Gasteiger partial charge in [0, 0.05) is 19.9 Å². The second-order valence-corrected chi connectivity index (χ2v) is 6.23. The first-order chi connectivity index (χ1) is 15.3. The molecule has 168 valence electrons. The number of hydrogen-bond acceptors (Lipinski definition) is 9. The standard InChI is InChI=1S/C23H22O9/c1-15(24)31-19-7-5-4-6-18(19)23(27)30-13-12-29-22(26)11-9-17-8-10-20(32-16(2)25)21(14-17)28-3/h4-11,14H,12-13H2,1-3H3/b11-9+. The summed E-state index contributed by atoms with van der Waals surface area (Å²) < 4.78 is 25.2. The van der Waals surface area contributed by atoms with Crippen LogP contribution in [0, 0.1) is 0 Å². The summed E-state index contributed by atoms with van der Waals surface area (Å²) in [4.78, 5) is 46.2. The Balaban J connectivity index is 1.84. The topological polar surface area (TPSA) is 114 Å². The minimum atomic E-state index is -0.714. The molecular weight excluding hydrogens is 420 g/mol. The van der Waals surface area contributed by atoms with Crippen LogP contribution in [0.15, 0.2) is 48.5 Å². The van der Waals surface area contributed by atoms with Crippen LogP contribution in [0.4, 0.5) is 0 Å². The maximum atomic E-state index is 12.1. The normalized spacial score (nSPS) is 10.3. The van der Waals surface area contributed by atoms with Gasteiger partial charge in [0.05, 0.1) is 7.11 Å². The number of carbonyl (C=O) groups excluding carboxylic acids is 4. The molecule has 0 saturated carbocycles. The second kappa shape index (κ2) is 11.9. The molecule has 0 unspecified atom stereocenters. The molecule has 0 atom stereocenters. The first kappa shape index (κ1) is 24.1. The Kier molecular flexibility index (Phi) is 8.97. The maximum Gasteiger partial charge on any atom is 0.342 e. The average molecular weight is 442 g/mol. The van der Waals surface area contributed by atoms with Crippen LogP contribution in [0.1, 0.15) is 29.8 Å². The van der Waals surface area contributed by atoms with Crippen molar-refractivity contribution in [3.8, 4) is 17.2 Å². The van der Waals surface area contributed by atoms with Crippen LogP contribution < -0.4 is 14.2 Å². The number of benzene rings is 2. The van der Waals surface area contributed by atoms with Crippen molar-refractivity contribution < 1.29 is 42.9 Å². The average Bonchev–Trinajstić information content (AvgIpc) is 2.75. The second-order valence-electron chi connectivity index (χ2n) is 6.23. The fraction of sp³-hybridized carbons (Fsp3) is 0.217. The number of carbonyl (C=O) groups is 4. The van der Waals surface area contributed by atoms with Gasteiger partial charge in [-0.15, -0.1) is 0 Å². The lowest BCUT2D eigenvalue weighted by Gasteiger charge is -2.09. The molecule has 0 saturated heterocycles. The van der Waals surface area contributed by atoms with Crippen LogP contribution in [0.2, 0.25) is 0 Å². The van der Waals surface area contributed by atoms with Gasteiger partial charge in [-0.05, 0) is 35.9 Å². The first-order valence-corrected chi connectivity index (χ1v) is 9.46. The quantitative estimate of drug-likeness (QED) is 0.250. The van der Waals surface area contributed by atoms with Crippen LogP contribution >= 0.6 is 0 Å². The van der Waals surface area contributed by atoms with E-state index in [1.54, 1.807) is 30.3 Å². The lowest BCUT2D eigenvalue weighted by Crippen LogP contribution is -2.14. The number of methoxy groups -OCH3 is 1. The zero-order valence-electron chi connectivity index (χ0n) is 17.8. The third-order valence-corrected chi connectivity index (χ3v) is 3.77. The molecule has 0 bridgehead atoms. The lowest BCUT2D eigenvalue weighted by atomic mass is 10.2. The summed E-state index contributed by atoms with van der Waals surface area (Å²) >= 11 is 0. The summed E-state index contributed by atoms with van der Waals surface area (Å²) in [5.41, 5.74) is 0.697. The summed E-state index contributed by atoms with van der Waals surface area (Å²) in [5, 5.41) is 0. The Hall–Kier alpha value is -4.14. The van der Waals surface area contributed by atoms with Gasteiger partial charge in [-0.3, -0.25) is 9.59 Å². The van der Waals surface area contributed by atoms with Gasteiger partial charge in [0.2, 0.25) is 0 Å². The van der Waals surface area contributed by atoms with E-state index >= 15 is 0 Å². The van der Waals surface area contributed by atoms with Crippen molar-refractivity contribution in [2.75, 3.05) is 20.3 Å². The minimum absolute atomic E-state index is 0.0834. The van der Waals surface area contributed by atoms with Gasteiger partial charge >= 0.3 is 23.9 Å². The van der Waals surface area contributed by atoms with E-state index in [0.717, 1.165) is 0 Å². The molecule has 0 amide bonds. The van der Waals surface area contributed by atoms with Gasteiger partial charge < -0.3 is 23.7 Å². The molecule has 0 aliphatic rings. The zero-order valence-corrected chi connectivity index (χ0v) is 17.8.